The molecule has 0 saturated heterocycles. The first-order chi connectivity index (χ1) is 9.69. The topological polar surface area (TPSA) is 72.2 Å². The molecule has 0 bridgehead atoms. The summed E-state index contributed by atoms with van der Waals surface area (Å²) in [5, 5.41) is 0.0862. The van der Waals surface area contributed by atoms with E-state index in [1.54, 1.807) is 0 Å². The van der Waals surface area contributed by atoms with E-state index in [-0.39, 0.29) is 24.6 Å². The molecule has 0 heterocycles. The molecular formula is C12H8Br2ClFN2O2S. The average molecular weight is 459 g/mol. The molecule has 2 aromatic carbocycles. The number of nitrogens with two attached hydrogens (primary N) is 1. The van der Waals surface area contributed by atoms with Crippen LogP contribution >= 0.6 is 43.5 Å². The van der Waals surface area contributed by atoms with Crippen LogP contribution in [-0.4, -0.2) is 8.42 Å². The number of hydrogen-bond acceptors (Lipinski definition) is 3. The van der Waals surface area contributed by atoms with Crippen molar-refractivity contribution in [2.24, 2.45) is 0 Å². The minimum absolute atomic E-state index is 0.0237. The molecule has 2 rings (SSSR count). The van der Waals surface area contributed by atoms with Gasteiger partial charge in [-0.2, -0.15) is 0 Å². The molecule has 0 aliphatic carbocycles. The molecule has 3 N–H and O–H groups in total. The molecule has 0 aliphatic rings. The smallest absolute Gasteiger partial charge is 0.264 e. The monoisotopic (exact) mass is 456 g/mol. The van der Waals surface area contributed by atoms with Gasteiger partial charge in [-0.25, -0.2) is 12.8 Å². The summed E-state index contributed by atoms with van der Waals surface area (Å²) in [4.78, 5) is -0.0444. The zero-order valence-corrected chi connectivity index (χ0v) is 14.9. The Hall–Kier alpha value is -0.830. The Morgan fingerprint density at radius 3 is 2.19 bits per heavy atom. The van der Waals surface area contributed by atoms with E-state index in [9.17, 15) is 12.8 Å². The Bertz CT molecular complexity index is 772. The lowest BCUT2D eigenvalue weighted by atomic mass is 10.3. The number of nitrogen functional groups attached to an aromatic ring is 1. The molecule has 2 aromatic rings. The SMILES string of the molecule is Nc1cc(Br)c(S(=O)(=O)Nc2cc(F)cc(Cl)c2)c(Br)c1. The van der Waals surface area contributed by atoms with E-state index < -0.39 is 15.8 Å². The fourth-order valence-electron chi connectivity index (χ4n) is 1.66. The van der Waals surface area contributed by atoms with E-state index in [4.69, 9.17) is 17.3 Å². The maximum atomic E-state index is 13.3. The molecular weight excluding hydrogens is 450 g/mol. The van der Waals surface area contributed by atoms with Crippen LogP contribution in [0.2, 0.25) is 5.02 Å². The van der Waals surface area contributed by atoms with Crippen LogP contribution in [0.25, 0.3) is 0 Å². The Morgan fingerprint density at radius 1 is 1.10 bits per heavy atom. The molecule has 21 heavy (non-hydrogen) atoms. The maximum Gasteiger partial charge on any atom is 0.264 e. The predicted octanol–water partition coefficient (Wildman–Crippen LogP) is 4.39. The number of sulfonamides is 1. The first kappa shape index (κ1) is 16.5. The van der Waals surface area contributed by atoms with Gasteiger partial charge in [-0.05, 0) is 62.2 Å². The van der Waals surface area contributed by atoms with Gasteiger partial charge in [0.15, 0.2) is 0 Å². The summed E-state index contributed by atoms with van der Waals surface area (Å²) in [5.41, 5.74) is 6.04. The number of rotatable bonds is 3. The van der Waals surface area contributed by atoms with Gasteiger partial charge in [0, 0.05) is 19.7 Å². The molecule has 0 aliphatic heterocycles. The number of nitrogens with one attached hydrogen (secondary N) is 1. The average Bonchev–Trinajstić information content (AvgIpc) is 2.23. The molecule has 0 atom stereocenters. The lowest BCUT2D eigenvalue weighted by Gasteiger charge is -2.12. The summed E-state index contributed by atoms with van der Waals surface area (Å²) in [6, 6.07) is 6.33. The zero-order valence-electron chi connectivity index (χ0n) is 10.2. The van der Waals surface area contributed by atoms with Crippen LogP contribution in [0.5, 0.6) is 0 Å². The van der Waals surface area contributed by atoms with Crippen LogP contribution in [0.1, 0.15) is 0 Å². The minimum atomic E-state index is -3.95. The molecule has 0 aromatic heterocycles. The number of halogens is 4. The third-order valence-corrected chi connectivity index (χ3v) is 5.88. The van der Waals surface area contributed by atoms with Crippen molar-refractivity contribution in [2.45, 2.75) is 4.90 Å². The second-order valence-corrected chi connectivity index (χ2v) is 7.84. The third-order valence-electron chi connectivity index (χ3n) is 2.40. The molecule has 0 spiro atoms. The molecule has 0 fully saturated rings. The van der Waals surface area contributed by atoms with Crippen molar-refractivity contribution in [1.29, 1.82) is 0 Å². The van der Waals surface area contributed by atoms with E-state index in [2.05, 4.69) is 36.6 Å². The van der Waals surface area contributed by atoms with Crippen molar-refractivity contribution >= 4 is 64.9 Å². The molecule has 0 saturated carbocycles. The van der Waals surface area contributed by atoms with E-state index in [1.165, 1.54) is 18.2 Å². The summed E-state index contributed by atoms with van der Waals surface area (Å²) in [7, 11) is -3.95. The maximum absolute atomic E-state index is 13.3. The highest BCUT2D eigenvalue weighted by molar-refractivity contribution is 9.11. The molecule has 9 heteroatoms. The highest BCUT2D eigenvalue weighted by Gasteiger charge is 2.22. The Balaban J connectivity index is 2.48. The Morgan fingerprint density at radius 2 is 1.67 bits per heavy atom. The van der Waals surface area contributed by atoms with Gasteiger partial charge in [-0.15, -0.1) is 0 Å². The summed E-state index contributed by atoms with van der Waals surface area (Å²) in [6.45, 7) is 0. The van der Waals surface area contributed by atoms with Crippen LogP contribution in [0.4, 0.5) is 15.8 Å². The normalized spacial score (nSPS) is 11.4. The van der Waals surface area contributed by atoms with Crippen LogP contribution in [-0.2, 0) is 10.0 Å². The largest absolute Gasteiger partial charge is 0.399 e. The first-order valence-electron chi connectivity index (χ1n) is 5.42. The van der Waals surface area contributed by atoms with Gasteiger partial charge >= 0.3 is 0 Å². The highest BCUT2D eigenvalue weighted by atomic mass is 79.9. The second-order valence-electron chi connectivity index (χ2n) is 4.08. The van der Waals surface area contributed by atoms with E-state index >= 15 is 0 Å². The van der Waals surface area contributed by atoms with Gasteiger partial charge in [-0.3, -0.25) is 4.72 Å². The summed E-state index contributed by atoms with van der Waals surface area (Å²) in [6.07, 6.45) is 0. The van der Waals surface area contributed by atoms with Crippen molar-refractivity contribution < 1.29 is 12.8 Å². The van der Waals surface area contributed by atoms with Crippen molar-refractivity contribution in [3.8, 4) is 0 Å². The molecule has 112 valence electrons. The number of hydrogen-bond donors (Lipinski definition) is 2. The molecule has 0 unspecified atom stereocenters. The van der Waals surface area contributed by atoms with E-state index in [0.717, 1.165) is 12.1 Å². The van der Waals surface area contributed by atoms with E-state index in [1.807, 2.05) is 0 Å². The van der Waals surface area contributed by atoms with E-state index in [0.29, 0.717) is 5.69 Å². The number of anilines is 2. The van der Waals surface area contributed by atoms with Crippen LogP contribution in [0, 0.1) is 5.82 Å². The van der Waals surface area contributed by atoms with Crippen LogP contribution in [0.15, 0.2) is 44.2 Å². The highest BCUT2D eigenvalue weighted by Crippen LogP contribution is 2.33. The van der Waals surface area contributed by atoms with Crippen LogP contribution < -0.4 is 10.5 Å². The third kappa shape index (κ3) is 3.88. The van der Waals surface area contributed by atoms with Crippen molar-refractivity contribution in [1.82, 2.24) is 0 Å². The second kappa shape index (κ2) is 6.12. The van der Waals surface area contributed by atoms with Crippen molar-refractivity contribution in [3.05, 3.63) is 50.1 Å². The quantitative estimate of drug-likeness (QED) is 0.671. The fourth-order valence-corrected chi connectivity index (χ4v) is 5.54. The molecule has 4 nitrogen and oxygen atoms in total. The molecule has 0 radical (unpaired) electrons. The van der Waals surface area contributed by atoms with Gasteiger partial charge in [-0.1, -0.05) is 11.6 Å². The predicted molar refractivity (Wildman–Crippen MR) is 88.5 cm³/mol. The lowest BCUT2D eigenvalue weighted by Crippen LogP contribution is -2.14. The summed E-state index contributed by atoms with van der Waals surface area (Å²) >= 11 is 12.0. The standard InChI is InChI=1S/C12H8Br2ClFN2O2S/c13-10-4-8(17)5-11(14)12(10)21(19,20)18-9-2-6(15)1-7(16)3-9/h1-5,18H,17H2. The molecule has 0 amide bonds. The van der Waals surface area contributed by atoms with Gasteiger partial charge in [0.05, 0.1) is 5.69 Å². The Labute approximate surface area is 142 Å². The van der Waals surface area contributed by atoms with Crippen LogP contribution in [0.3, 0.4) is 0 Å². The van der Waals surface area contributed by atoms with Gasteiger partial charge in [0.1, 0.15) is 10.7 Å². The first-order valence-corrected chi connectivity index (χ1v) is 8.87. The minimum Gasteiger partial charge on any atom is -0.399 e. The summed E-state index contributed by atoms with van der Waals surface area (Å²) in [5.74, 6) is -0.643. The lowest BCUT2D eigenvalue weighted by molar-refractivity contribution is 0.600. The Kier molecular flexibility index (Phi) is 4.82. The van der Waals surface area contributed by atoms with Gasteiger partial charge < -0.3 is 5.73 Å². The van der Waals surface area contributed by atoms with Gasteiger partial charge in [0.25, 0.3) is 10.0 Å². The van der Waals surface area contributed by atoms with Crippen molar-refractivity contribution in [2.75, 3.05) is 10.5 Å². The van der Waals surface area contributed by atoms with Gasteiger partial charge in [0.2, 0.25) is 0 Å². The zero-order chi connectivity index (χ0) is 15.8. The number of benzene rings is 2. The fraction of sp³-hybridized carbons (Fsp3) is 0. The van der Waals surface area contributed by atoms with Crippen molar-refractivity contribution in [3.63, 3.8) is 0 Å². The summed E-state index contributed by atoms with van der Waals surface area (Å²) < 4.78 is 40.9.